The Morgan fingerprint density at radius 1 is 1.05 bits per heavy atom. The summed E-state index contributed by atoms with van der Waals surface area (Å²) in [6, 6.07) is 5.85. The Hall–Kier alpha value is -1.09. The summed E-state index contributed by atoms with van der Waals surface area (Å²) in [5, 5.41) is 0. The van der Waals surface area contributed by atoms with Gasteiger partial charge >= 0.3 is 0 Å². The van der Waals surface area contributed by atoms with Crippen molar-refractivity contribution in [1.29, 1.82) is 0 Å². The van der Waals surface area contributed by atoms with Gasteiger partial charge in [0.05, 0.1) is 5.69 Å². The summed E-state index contributed by atoms with van der Waals surface area (Å²) in [6.07, 6.45) is 8.27. The molecule has 1 aliphatic heterocycles. The summed E-state index contributed by atoms with van der Waals surface area (Å²) in [6.45, 7) is 2.60. The minimum atomic E-state index is -0.0669. The minimum Gasteiger partial charge on any atom is -0.369 e. The number of benzene rings is 1. The van der Waals surface area contributed by atoms with Crippen molar-refractivity contribution in [1.82, 2.24) is 0 Å². The highest BCUT2D eigenvalue weighted by molar-refractivity contribution is 5.51. The second kappa shape index (κ2) is 5.72. The maximum atomic E-state index is 14.5. The highest BCUT2D eigenvalue weighted by atomic mass is 19.1. The first-order valence-corrected chi connectivity index (χ1v) is 8.00. The Morgan fingerprint density at radius 2 is 1.75 bits per heavy atom. The first-order chi connectivity index (χ1) is 9.75. The number of nitrogens with zero attached hydrogens (tertiary/aromatic N) is 1. The van der Waals surface area contributed by atoms with Gasteiger partial charge in [-0.15, -0.1) is 0 Å². The van der Waals surface area contributed by atoms with Crippen molar-refractivity contribution in [2.75, 3.05) is 24.5 Å². The molecule has 0 bridgehead atoms. The lowest BCUT2D eigenvalue weighted by atomic mass is 9.69. The van der Waals surface area contributed by atoms with Gasteiger partial charge in [0.25, 0.3) is 0 Å². The van der Waals surface area contributed by atoms with E-state index >= 15 is 0 Å². The molecule has 2 nitrogen and oxygen atoms in total. The van der Waals surface area contributed by atoms with E-state index in [2.05, 4.69) is 11.0 Å². The van der Waals surface area contributed by atoms with Gasteiger partial charge in [0.15, 0.2) is 0 Å². The molecule has 1 saturated heterocycles. The lowest BCUT2D eigenvalue weighted by Crippen LogP contribution is -2.37. The molecule has 1 aliphatic carbocycles. The molecule has 2 fully saturated rings. The number of halogens is 1. The highest BCUT2D eigenvalue weighted by Gasteiger charge is 2.33. The third kappa shape index (κ3) is 2.44. The average Bonchev–Trinajstić information content (AvgIpc) is 3.02. The Morgan fingerprint density at radius 3 is 2.35 bits per heavy atom. The van der Waals surface area contributed by atoms with Gasteiger partial charge in [0.2, 0.25) is 0 Å². The summed E-state index contributed by atoms with van der Waals surface area (Å²) < 4.78 is 14.5. The van der Waals surface area contributed by atoms with E-state index in [1.807, 2.05) is 6.07 Å². The SMILES string of the molecule is NCC1(c2ccc(N3CCCC3)c(F)c2)CCCCC1. The Bertz CT molecular complexity index is 460. The fourth-order valence-electron chi connectivity index (χ4n) is 3.89. The van der Waals surface area contributed by atoms with Crippen LogP contribution in [-0.4, -0.2) is 19.6 Å². The molecule has 0 atom stereocenters. The second-order valence-electron chi connectivity index (χ2n) is 6.41. The predicted octanol–water partition coefficient (Wildman–Crippen LogP) is 3.59. The van der Waals surface area contributed by atoms with Gasteiger partial charge in [-0.1, -0.05) is 25.3 Å². The fourth-order valence-corrected chi connectivity index (χ4v) is 3.89. The molecule has 1 heterocycles. The molecule has 110 valence electrons. The number of rotatable bonds is 3. The Kier molecular flexibility index (Phi) is 3.97. The van der Waals surface area contributed by atoms with Crippen molar-refractivity contribution in [2.24, 2.45) is 5.73 Å². The molecular weight excluding hydrogens is 251 g/mol. The van der Waals surface area contributed by atoms with E-state index in [9.17, 15) is 4.39 Å². The van der Waals surface area contributed by atoms with Crippen molar-refractivity contribution in [3.05, 3.63) is 29.6 Å². The van der Waals surface area contributed by atoms with Crippen molar-refractivity contribution >= 4 is 5.69 Å². The van der Waals surface area contributed by atoms with Crippen molar-refractivity contribution in [3.8, 4) is 0 Å². The zero-order valence-electron chi connectivity index (χ0n) is 12.2. The van der Waals surface area contributed by atoms with E-state index in [0.29, 0.717) is 6.54 Å². The summed E-state index contributed by atoms with van der Waals surface area (Å²) in [7, 11) is 0. The van der Waals surface area contributed by atoms with Crippen LogP contribution in [0.3, 0.4) is 0 Å². The van der Waals surface area contributed by atoms with E-state index in [1.165, 1.54) is 32.1 Å². The van der Waals surface area contributed by atoms with Crippen LogP contribution in [0.25, 0.3) is 0 Å². The van der Waals surface area contributed by atoms with Crippen molar-refractivity contribution in [2.45, 2.75) is 50.4 Å². The molecule has 1 aromatic rings. The Labute approximate surface area is 121 Å². The van der Waals surface area contributed by atoms with Crippen LogP contribution in [0.5, 0.6) is 0 Å². The van der Waals surface area contributed by atoms with E-state index in [4.69, 9.17) is 5.73 Å². The number of hydrogen-bond donors (Lipinski definition) is 1. The van der Waals surface area contributed by atoms with Crippen LogP contribution >= 0.6 is 0 Å². The quantitative estimate of drug-likeness (QED) is 0.914. The molecule has 0 spiro atoms. The average molecular weight is 276 g/mol. The standard InChI is InChI=1S/C17H25FN2/c18-15-12-14(17(13-19)8-2-1-3-9-17)6-7-16(15)20-10-4-5-11-20/h6-7,12H,1-5,8-11,13,19H2. The van der Waals surface area contributed by atoms with Crippen LogP contribution in [0.1, 0.15) is 50.5 Å². The third-order valence-corrected chi connectivity index (χ3v) is 5.21. The van der Waals surface area contributed by atoms with Gasteiger partial charge in [-0.3, -0.25) is 0 Å². The van der Waals surface area contributed by atoms with E-state index in [0.717, 1.165) is 37.2 Å². The normalized spacial score (nSPS) is 22.2. The molecule has 1 aromatic carbocycles. The number of nitrogens with two attached hydrogens (primary N) is 1. The van der Waals surface area contributed by atoms with Crippen LogP contribution in [0.4, 0.5) is 10.1 Å². The van der Waals surface area contributed by atoms with E-state index < -0.39 is 0 Å². The summed E-state index contributed by atoms with van der Waals surface area (Å²) >= 11 is 0. The van der Waals surface area contributed by atoms with Gasteiger partial charge in [0, 0.05) is 25.0 Å². The van der Waals surface area contributed by atoms with E-state index in [-0.39, 0.29) is 11.2 Å². The van der Waals surface area contributed by atoms with Crippen LogP contribution < -0.4 is 10.6 Å². The third-order valence-electron chi connectivity index (χ3n) is 5.21. The summed E-state index contributed by atoms with van der Waals surface area (Å²) in [5.74, 6) is -0.0669. The molecule has 0 amide bonds. The van der Waals surface area contributed by atoms with E-state index in [1.54, 1.807) is 6.07 Å². The monoisotopic (exact) mass is 276 g/mol. The first-order valence-electron chi connectivity index (χ1n) is 8.00. The topological polar surface area (TPSA) is 29.3 Å². The maximum absolute atomic E-state index is 14.5. The van der Waals surface area contributed by atoms with Gasteiger partial charge in [0.1, 0.15) is 5.82 Å². The minimum absolute atomic E-state index is 0.0165. The highest BCUT2D eigenvalue weighted by Crippen LogP contribution is 2.40. The molecule has 0 aromatic heterocycles. The summed E-state index contributed by atoms with van der Waals surface area (Å²) in [4.78, 5) is 2.16. The van der Waals surface area contributed by atoms with Crippen molar-refractivity contribution in [3.63, 3.8) is 0 Å². The molecule has 0 unspecified atom stereocenters. The van der Waals surface area contributed by atoms with Gasteiger partial charge < -0.3 is 10.6 Å². The number of hydrogen-bond acceptors (Lipinski definition) is 2. The van der Waals surface area contributed by atoms with Crippen LogP contribution in [0.15, 0.2) is 18.2 Å². The molecular formula is C17H25FN2. The van der Waals surface area contributed by atoms with Gasteiger partial charge in [-0.05, 0) is 43.4 Å². The molecule has 20 heavy (non-hydrogen) atoms. The van der Waals surface area contributed by atoms with Crippen LogP contribution in [0, 0.1) is 5.82 Å². The summed E-state index contributed by atoms with van der Waals surface area (Å²) in [5.41, 5.74) is 7.95. The lowest BCUT2D eigenvalue weighted by molar-refractivity contribution is 0.300. The zero-order chi connectivity index (χ0) is 14.0. The predicted molar refractivity (Wildman–Crippen MR) is 81.7 cm³/mol. The van der Waals surface area contributed by atoms with Crippen LogP contribution in [-0.2, 0) is 5.41 Å². The number of anilines is 1. The molecule has 2 aliphatic rings. The molecule has 2 N–H and O–H groups in total. The molecule has 0 radical (unpaired) electrons. The molecule has 1 saturated carbocycles. The van der Waals surface area contributed by atoms with Gasteiger partial charge in [-0.25, -0.2) is 4.39 Å². The smallest absolute Gasteiger partial charge is 0.146 e. The maximum Gasteiger partial charge on any atom is 0.146 e. The molecule has 3 heteroatoms. The lowest BCUT2D eigenvalue weighted by Gasteiger charge is -2.37. The fraction of sp³-hybridized carbons (Fsp3) is 0.647. The first kappa shape index (κ1) is 13.9. The van der Waals surface area contributed by atoms with Gasteiger partial charge in [-0.2, -0.15) is 0 Å². The Balaban J connectivity index is 1.88. The zero-order valence-corrected chi connectivity index (χ0v) is 12.2. The second-order valence-corrected chi connectivity index (χ2v) is 6.41. The van der Waals surface area contributed by atoms with Crippen molar-refractivity contribution < 1.29 is 4.39 Å². The largest absolute Gasteiger partial charge is 0.369 e. The molecule has 3 rings (SSSR count). The van der Waals surface area contributed by atoms with Crippen LogP contribution in [0.2, 0.25) is 0 Å².